The van der Waals surface area contributed by atoms with Crippen molar-refractivity contribution in [1.29, 1.82) is 0 Å². The molecule has 0 saturated carbocycles. The summed E-state index contributed by atoms with van der Waals surface area (Å²) < 4.78 is 38.3. The molecular weight excluding hydrogens is 255 g/mol. The summed E-state index contributed by atoms with van der Waals surface area (Å²) in [7, 11) is -3.55. The molecule has 16 heavy (non-hydrogen) atoms. The van der Waals surface area contributed by atoms with E-state index in [4.69, 9.17) is 17.3 Å². The van der Waals surface area contributed by atoms with Gasteiger partial charge in [-0.1, -0.05) is 11.6 Å². The van der Waals surface area contributed by atoms with E-state index in [1.165, 1.54) is 19.1 Å². The summed E-state index contributed by atoms with van der Waals surface area (Å²) in [4.78, 5) is 0. The van der Waals surface area contributed by atoms with Crippen LogP contribution in [0.3, 0.4) is 0 Å². The monoisotopic (exact) mass is 266 g/mol. The largest absolute Gasteiger partial charge is 0.329 e. The molecule has 90 valence electrons. The molecule has 0 radical (unpaired) electrons. The molecule has 0 saturated heterocycles. The highest BCUT2D eigenvalue weighted by Gasteiger charge is 2.19. The van der Waals surface area contributed by atoms with E-state index in [-0.39, 0.29) is 17.3 Å². The van der Waals surface area contributed by atoms with Crippen molar-refractivity contribution in [3.8, 4) is 0 Å². The molecule has 1 aromatic carbocycles. The molecule has 4 nitrogen and oxygen atoms in total. The molecule has 0 spiro atoms. The summed E-state index contributed by atoms with van der Waals surface area (Å²) in [6, 6.07) is 3.59. The minimum atomic E-state index is -3.55. The van der Waals surface area contributed by atoms with Gasteiger partial charge in [-0.15, -0.1) is 0 Å². The number of benzene rings is 1. The number of halogens is 2. The van der Waals surface area contributed by atoms with E-state index in [9.17, 15) is 12.8 Å². The molecule has 0 aliphatic carbocycles. The number of hydrogen-bond donors (Lipinski definition) is 2. The lowest BCUT2D eigenvalue weighted by molar-refractivity contribution is 0.589. The van der Waals surface area contributed by atoms with E-state index in [1.807, 2.05) is 0 Å². The second-order valence-corrected chi connectivity index (χ2v) is 5.83. The van der Waals surface area contributed by atoms with Crippen molar-refractivity contribution in [2.75, 3.05) is 11.3 Å². The normalized spacial score (nSPS) is 13.5. The van der Waals surface area contributed by atoms with Crippen molar-refractivity contribution >= 4 is 27.3 Å². The minimum absolute atomic E-state index is 0.00423. The molecule has 0 fully saturated rings. The number of anilines is 1. The molecule has 0 amide bonds. The lowest BCUT2D eigenvalue weighted by Crippen LogP contribution is -2.31. The Morgan fingerprint density at radius 3 is 2.69 bits per heavy atom. The third-order valence-electron chi connectivity index (χ3n) is 2.04. The third kappa shape index (κ3) is 3.07. The van der Waals surface area contributed by atoms with E-state index in [0.29, 0.717) is 0 Å². The van der Waals surface area contributed by atoms with Crippen LogP contribution in [0.15, 0.2) is 18.2 Å². The number of hydrogen-bond acceptors (Lipinski definition) is 3. The summed E-state index contributed by atoms with van der Waals surface area (Å²) >= 11 is 5.52. The van der Waals surface area contributed by atoms with Crippen molar-refractivity contribution in [3.05, 3.63) is 29.0 Å². The van der Waals surface area contributed by atoms with Gasteiger partial charge in [-0.05, 0) is 25.1 Å². The van der Waals surface area contributed by atoms with Crippen molar-refractivity contribution in [2.45, 2.75) is 12.2 Å². The first-order valence-corrected chi connectivity index (χ1v) is 6.46. The van der Waals surface area contributed by atoms with Crippen LogP contribution >= 0.6 is 11.6 Å². The van der Waals surface area contributed by atoms with Crippen LogP contribution in [0.25, 0.3) is 0 Å². The summed E-state index contributed by atoms with van der Waals surface area (Å²) in [5.74, 6) is -0.600. The maximum atomic E-state index is 12.8. The van der Waals surface area contributed by atoms with Gasteiger partial charge in [-0.3, -0.25) is 4.72 Å². The van der Waals surface area contributed by atoms with Crippen LogP contribution in [-0.2, 0) is 10.0 Å². The van der Waals surface area contributed by atoms with Gasteiger partial charge >= 0.3 is 0 Å². The smallest absolute Gasteiger partial charge is 0.236 e. The van der Waals surface area contributed by atoms with Gasteiger partial charge in [0.25, 0.3) is 0 Å². The predicted molar refractivity (Wildman–Crippen MR) is 62.5 cm³/mol. The Morgan fingerprint density at radius 1 is 1.56 bits per heavy atom. The van der Waals surface area contributed by atoms with Crippen LogP contribution in [0.5, 0.6) is 0 Å². The maximum Gasteiger partial charge on any atom is 0.236 e. The Bertz CT molecular complexity index is 478. The molecule has 7 heteroatoms. The highest BCUT2D eigenvalue weighted by atomic mass is 35.5. The summed E-state index contributed by atoms with van der Waals surface area (Å²) in [6.07, 6.45) is 0. The fourth-order valence-electron chi connectivity index (χ4n) is 0.951. The average molecular weight is 267 g/mol. The van der Waals surface area contributed by atoms with Crippen molar-refractivity contribution in [2.24, 2.45) is 5.73 Å². The number of sulfonamides is 1. The van der Waals surface area contributed by atoms with Crippen LogP contribution < -0.4 is 10.5 Å². The molecular formula is C9H12ClFN2O2S. The van der Waals surface area contributed by atoms with Gasteiger partial charge in [0.15, 0.2) is 0 Å². The quantitative estimate of drug-likeness (QED) is 0.869. The van der Waals surface area contributed by atoms with Crippen molar-refractivity contribution < 1.29 is 12.8 Å². The summed E-state index contributed by atoms with van der Waals surface area (Å²) in [6.45, 7) is 1.48. The first kappa shape index (κ1) is 13.2. The van der Waals surface area contributed by atoms with Gasteiger partial charge in [0, 0.05) is 6.54 Å². The van der Waals surface area contributed by atoms with Gasteiger partial charge in [0.2, 0.25) is 10.0 Å². The van der Waals surface area contributed by atoms with E-state index in [2.05, 4.69) is 4.72 Å². The number of nitrogens with two attached hydrogens (primary N) is 1. The van der Waals surface area contributed by atoms with E-state index >= 15 is 0 Å². The lowest BCUT2D eigenvalue weighted by Gasteiger charge is -2.13. The second-order valence-electron chi connectivity index (χ2n) is 3.32. The molecule has 3 N–H and O–H groups in total. The molecule has 1 unspecified atom stereocenters. The average Bonchev–Trinajstić information content (AvgIpc) is 2.22. The van der Waals surface area contributed by atoms with E-state index in [1.54, 1.807) is 0 Å². The van der Waals surface area contributed by atoms with Crippen LogP contribution in [0, 0.1) is 5.82 Å². The third-order valence-corrected chi connectivity index (χ3v) is 4.10. The topological polar surface area (TPSA) is 72.2 Å². The van der Waals surface area contributed by atoms with Crippen LogP contribution in [0.4, 0.5) is 10.1 Å². The Kier molecular flexibility index (Phi) is 4.12. The van der Waals surface area contributed by atoms with Gasteiger partial charge < -0.3 is 5.73 Å². The Labute approximate surface area is 98.6 Å². The highest BCUT2D eigenvalue weighted by molar-refractivity contribution is 7.93. The molecule has 1 rings (SSSR count). The molecule has 1 atom stereocenters. The van der Waals surface area contributed by atoms with Crippen LogP contribution in [0.2, 0.25) is 5.02 Å². The SMILES string of the molecule is CC(CN)S(=O)(=O)Nc1ccc(F)c(Cl)c1. The predicted octanol–water partition coefficient (Wildman–Crippen LogP) is 1.57. The van der Waals surface area contributed by atoms with Gasteiger partial charge in [0.05, 0.1) is 16.0 Å². The second kappa shape index (κ2) is 4.99. The van der Waals surface area contributed by atoms with Crippen molar-refractivity contribution in [1.82, 2.24) is 0 Å². The molecule has 1 aromatic rings. The number of nitrogens with one attached hydrogen (secondary N) is 1. The van der Waals surface area contributed by atoms with Gasteiger partial charge in [-0.25, -0.2) is 12.8 Å². The molecule has 0 heterocycles. The fraction of sp³-hybridized carbons (Fsp3) is 0.333. The zero-order chi connectivity index (χ0) is 12.3. The standard InChI is InChI=1S/C9H12ClFN2O2S/c1-6(5-12)16(14,15)13-7-2-3-9(11)8(10)4-7/h2-4,6,13H,5,12H2,1H3. The van der Waals surface area contributed by atoms with Gasteiger partial charge in [-0.2, -0.15) is 0 Å². The van der Waals surface area contributed by atoms with E-state index in [0.717, 1.165) is 6.07 Å². The summed E-state index contributed by atoms with van der Waals surface area (Å²) in [5, 5.41) is -0.864. The van der Waals surface area contributed by atoms with Crippen LogP contribution in [-0.4, -0.2) is 20.2 Å². The highest BCUT2D eigenvalue weighted by Crippen LogP contribution is 2.20. The molecule has 0 bridgehead atoms. The molecule has 0 aliphatic rings. The number of rotatable bonds is 4. The Morgan fingerprint density at radius 2 is 2.19 bits per heavy atom. The Hall–Kier alpha value is -0.850. The van der Waals surface area contributed by atoms with Crippen molar-refractivity contribution in [3.63, 3.8) is 0 Å². The molecule has 0 aliphatic heterocycles. The lowest BCUT2D eigenvalue weighted by atomic mass is 10.3. The minimum Gasteiger partial charge on any atom is -0.329 e. The maximum absolute atomic E-state index is 12.8. The van der Waals surface area contributed by atoms with Crippen LogP contribution in [0.1, 0.15) is 6.92 Å². The Balaban J connectivity index is 2.93. The zero-order valence-electron chi connectivity index (χ0n) is 8.57. The summed E-state index contributed by atoms with van der Waals surface area (Å²) in [5.41, 5.74) is 5.48. The fourth-order valence-corrected chi connectivity index (χ4v) is 2.04. The first-order chi connectivity index (χ1) is 7.36. The first-order valence-electron chi connectivity index (χ1n) is 4.53. The van der Waals surface area contributed by atoms with E-state index < -0.39 is 21.1 Å². The van der Waals surface area contributed by atoms with Gasteiger partial charge in [0.1, 0.15) is 5.82 Å². The molecule has 0 aromatic heterocycles. The zero-order valence-corrected chi connectivity index (χ0v) is 10.1.